The molecular weight excluding hydrogens is 569 g/mol. The normalized spacial score (nSPS) is 15.9. The minimum Gasteiger partial charge on any atom is -0.329 e. The van der Waals surface area contributed by atoms with E-state index in [2.05, 4.69) is 11.1 Å². The molecule has 0 unspecified atom stereocenters. The van der Waals surface area contributed by atoms with Gasteiger partial charge >= 0.3 is 0 Å². The van der Waals surface area contributed by atoms with Gasteiger partial charge in [-0.1, -0.05) is 36.7 Å². The summed E-state index contributed by atoms with van der Waals surface area (Å²) in [5.41, 5.74) is 3.26. The van der Waals surface area contributed by atoms with E-state index in [0.29, 0.717) is 42.3 Å². The Kier molecular flexibility index (Phi) is 11.6. The fourth-order valence-electron chi connectivity index (χ4n) is 4.34. The summed E-state index contributed by atoms with van der Waals surface area (Å²) in [6.45, 7) is 3.22. The smallest absolute Gasteiger partial charge is 0.241 e. The highest BCUT2D eigenvalue weighted by atomic mass is 35.5. The molecule has 0 aliphatic carbocycles. The number of piperazine rings is 1. The fourth-order valence-corrected chi connectivity index (χ4v) is 5.44. The Morgan fingerprint density at radius 3 is 2.53 bits per heavy atom. The number of amides is 1. The zero-order valence-corrected chi connectivity index (χ0v) is 24.1. The summed E-state index contributed by atoms with van der Waals surface area (Å²) in [6.07, 6.45) is 3.94. The van der Waals surface area contributed by atoms with Gasteiger partial charge in [-0.25, -0.2) is 13.4 Å². The lowest BCUT2D eigenvalue weighted by atomic mass is 10.1. The van der Waals surface area contributed by atoms with Crippen molar-refractivity contribution in [3.63, 3.8) is 0 Å². The number of carbonyl (C=O) groups is 1. The van der Waals surface area contributed by atoms with Crippen molar-refractivity contribution in [2.75, 3.05) is 29.5 Å². The van der Waals surface area contributed by atoms with E-state index in [9.17, 15) is 13.2 Å². The number of benzene rings is 2. The summed E-state index contributed by atoms with van der Waals surface area (Å²) < 4.78 is 26.6. The molecule has 12 heteroatoms. The summed E-state index contributed by atoms with van der Waals surface area (Å²) in [5, 5.41) is 9.57. The Balaban J connectivity index is 0.00000253. The molecule has 1 aliphatic rings. The third-order valence-electron chi connectivity index (χ3n) is 6.47. The molecule has 2 aromatic carbocycles. The highest BCUT2D eigenvalue weighted by Crippen LogP contribution is 2.26. The predicted molar refractivity (Wildman–Crippen MR) is 154 cm³/mol. The van der Waals surface area contributed by atoms with Crippen LogP contribution in [-0.2, 0) is 27.7 Å². The summed E-state index contributed by atoms with van der Waals surface area (Å²) in [5.74, 6) is 0.0887. The van der Waals surface area contributed by atoms with Crippen LogP contribution in [0.2, 0.25) is 5.02 Å². The van der Waals surface area contributed by atoms with E-state index in [4.69, 9.17) is 16.9 Å². The van der Waals surface area contributed by atoms with Gasteiger partial charge in [0.05, 0.1) is 36.0 Å². The molecule has 3 aromatic rings. The first-order valence-electron chi connectivity index (χ1n) is 11.8. The number of carbonyl (C=O) groups excluding carboxylic acids is 1. The quantitative estimate of drug-likeness (QED) is 0.363. The maximum atomic E-state index is 13.2. The van der Waals surface area contributed by atoms with Crippen LogP contribution in [0.25, 0.3) is 0 Å². The summed E-state index contributed by atoms with van der Waals surface area (Å²) in [7, 11) is -3.15. The lowest BCUT2D eigenvalue weighted by Crippen LogP contribution is -2.56. The molecule has 1 atom stereocenters. The van der Waals surface area contributed by atoms with Gasteiger partial charge in [0.15, 0.2) is 0 Å². The number of sulfone groups is 1. The van der Waals surface area contributed by atoms with E-state index in [0.717, 1.165) is 11.3 Å². The summed E-state index contributed by atoms with van der Waals surface area (Å²) in [6, 6.07) is 16.5. The van der Waals surface area contributed by atoms with E-state index in [1.165, 1.54) is 0 Å². The highest BCUT2D eigenvalue weighted by molar-refractivity contribution is 7.91. The van der Waals surface area contributed by atoms with Crippen LogP contribution in [0.15, 0.2) is 61.1 Å². The second-order valence-electron chi connectivity index (χ2n) is 8.89. The van der Waals surface area contributed by atoms with Gasteiger partial charge in [0.1, 0.15) is 9.84 Å². The van der Waals surface area contributed by atoms with Crippen LogP contribution in [-0.4, -0.2) is 59.4 Å². The predicted octanol–water partition coefficient (Wildman–Crippen LogP) is 4.34. The van der Waals surface area contributed by atoms with Crippen LogP contribution in [0.5, 0.6) is 0 Å². The first-order chi connectivity index (χ1) is 17.3. The molecule has 1 amide bonds. The van der Waals surface area contributed by atoms with E-state index in [1.54, 1.807) is 54.7 Å². The average Bonchev–Trinajstić information content (AvgIpc) is 3.30. The van der Waals surface area contributed by atoms with Crippen molar-refractivity contribution in [2.24, 2.45) is 0 Å². The van der Waals surface area contributed by atoms with Crippen LogP contribution in [0, 0.1) is 11.3 Å². The number of nitriles is 1. The molecule has 204 valence electrons. The SMILES string of the molecule is CCS(=O)(=O)CC[C@H]1CN(c2cccc(Cl)c2)C(=O)CN1Cc1cncn1Cc1ccc(C#N)cc1.Cl.Cl. The van der Waals surface area contributed by atoms with Gasteiger partial charge in [0, 0.05) is 48.3 Å². The molecule has 0 N–H and O–H groups in total. The van der Waals surface area contributed by atoms with E-state index in [-0.39, 0.29) is 54.8 Å². The van der Waals surface area contributed by atoms with Crippen LogP contribution < -0.4 is 4.90 Å². The van der Waals surface area contributed by atoms with Crippen molar-refractivity contribution in [2.45, 2.75) is 32.5 Å². The number of rotatable bonds is 9. The van der Waals surface area contributed by atoms with Gasteiger partial charge in [-0.2, -0.15) is 5.26 Å². The molecule has 0 saturated carbocycles. The Morgan fingerprint density at radius 2 is 1.87 bits per heavy atom. The minimum absolute atomic E-state index is 0. The number of halogens is 3. The van der Waals surface area contributed by atoms with Crippen LogP contribution in [0.1, 0.15) is 30.2 Å². The third-order valence-corrected chi connectivity index (χ3v) is 8.44. The van der Waals surface area contributed by atoms with Crippen LogP contribution in [0.4, 0.5) is 5.69 Å². The molecule has 4 rings (SSSR count). The van der Waals surface area contributed by atoms with Gasteiger partial charge in [0.2, 0.25) is 5.91 Å². The minimum atomic E-state index is -3.15. The lowest BCUT2D eigenvalue weighted by molar-refractivity contribution is -0.122. The first-order valence-corrected chi connectivity index (χ1v) is 14.0. The Morgan fingerprint density at radius 1 is 1.13 bits per heavy atom. The maximum absolute atomic E-state index is 13.2. The Bertz CT molecular complexity index is 1370. The summed E-state index contributed by atoms with van der Waals surface area (Å²) in [4.78, 5) is 21.2. The number of anilines is 1. The lowest BCUT2D eigenvalue weighted by Gasteiger charge is -2.41. The zero-order chi connectivity index (χ0) is 25.7. The monoisotopic (exact) mass is 597 g/mol. The number of aromatic nitrogens is 2. The molecule has 38 heavy (non-hydrogen) atoms. The second kappa shape index (κ2) is 14.0. The molecule has 0 spiro atoms. The molecule has 1 fully saturated rings. The first kappa shape index (κ1) is 31.6. The van der Waals surface area contributed by atoms with Gasteiger partial charge < -0.3 is 9.47 Å². The molecule has 1 aliphatic heterocycles. The average molecular weight is 599 g/mol. The van der Waals surface area contributed by atoms with E-state index in [1.807, 2.05) is 27.7 Å². The Labute approximate surface area is 241 Å². The van der Waals surface area contributed by atoms with Gasteiger partial charge in [-0.3, -0.25) is 9.69 Å². The van der Waals surface area contributed by atoms with Crippen LogP contribution >= 0.6 is 36.4 Å². The van der Waals surface area contributed by atoms with Crippen molar-refractivity contribution in [3.05, 3.63) is 82.9 Å². The summed E-state index contributed by atoms with van der Waals surface area (Å²) >= 11 is 6.16. The van der Waals surface area contributed by atoms with Crippen molar-refractivity contribution >= 4 is 57.8 Å². The molecule has 1 saturated heterocycles. The number of hydrogen-bond acceptors (Lipinski definition) is 6. The number of nitrogens with zero attached hydrogens (tertiary/aromatic N) is 5. The molecule has 1 aromatic heterocycles. The second-order valence-corrected chi connectivity index (χ2v) is 11.8. The third kappa shape index (κ3) is 7.95. The molecule has 0 radical (unpaired) electrons. The molecule has 0 bridgehead atoms. The van der Waals surface area contributed by atoms with E-state index < -0.39 is 9.84 Å². The van der Waals surface area contributed by atoms with Crippen molar-refractivity contribution in [3.8, 4) is 6.07 Å². The van der Waals surface area contributed by atoms with Crippen molar-refractivity contribution in [1.29, 1.82) is 5.26 Å². The number of hydrogen-bond donors (Lipinski definition) is 0. The maximum Gasteiger partial charge on any atom is 0.241 e. The van der Waals surface area contributed by atoms with Gasteiger partial charge in [0.25, 0.3) is 0 Å². The topological polar surface area (TPSA) is 99.3 Å². The van der Waals surface area contributed by atoms with E-state index >= 15 is 0 Å². The van der Waals surface area contributed by atoms with Crippen molar-refractivity contribution < 1.29 is 13.2 Å². The number of imidazole rings is 1. The van der Waals surface area contributed by atoms with Gasteiger partial charge in [-0.15, -0.1) is 24.8 Å². The Hall–Kier alpha value is -2.61. The highest BCUT2D eigenvalue weighted by Gasteiger charge is 2.34. The van der Waals surface area contributed by atoms with Crippen LogP contribution in [0.3, 0.4) is 0 Å². The molecule has 8 nitrogen and oxygen atoms in total. The largest absolute Gasteiger partial charge is 0.329 e. The van der Waals surface area contributed by atoms with Gasteiger partial charge in [-0.05, 0) is 42.3 Å². The zero-order valence-electron chi connectivity index (χ0n) is 20.9. The standard InChI is InChI=1S/C26H28ClN5O3S.2ClH/c1-2-36(34,35)11-10-24-17-32(23-5-3-4-22(27)12-23)26(33)18-30(24)16-25-14-29-19-31(25)15-21-8-6-20(13-28)7-9-21;;/h3-9,12,14,19,24H,2,10-11,15-18H2,1H3;2*1H/t24-;;/m0../s1. The van der Waals surface area contributed by atoms with Crippen molar-refractivity contribution in [1.82, 2.24) is 14.5 Å². The molecular formula is C26H30Cl3N5O3S. The fraction of sp³-hybridized carbons (Fsp3) is 0.346. The molecule has 2 heterocycles.